The number of carboxylic acids is 1. The van der Waals surface area contributed by atoms with Crippen LogP contribution in [0.1, 0.15) is 44.6 Å². The Bertz CT molecular complexity index is 686. The molecule has 0 atom stereocenters. The quantitative estimate of drug-likeness (QED) is 0.868. The van der Waals surface area contributed by atoms with Gasteiger partial charge in [-0.2, -0.15) is 5.10 Å². The molecule has 0 spiro atoms. The van der Waals surface area contributed by atoms with E-state index in [1.54, 1.807) is 29.8 Å². The predicted octanol–water partition coefficient (Wildman–Crippen LogP) is 2.45. The third-order valence-corrected chi connectivity index (χ3v) is 3.24. The maximum absolute atomic E-state index is 11.6. The van der Waals surface area contributed by atoms with Gasteiger partial charge in [0.05, 0.1) is 23.4 Å². The number of Topliss-reactive ketones (excluding diaryl/α,β-unsaturated/α-hetero) is 1. The fourth-order valence-corrected chi connectivity index (χ4v) is 2.34. The molecule has 0 amide bonds. The third-order valence-electron chi connectivity index (χ3n) is 3.24. The second kappa shape index (κ2) is 5.28. The van der Waals surface area contributed by atoms with Crippen LogP contribution in [0.3, 0.4) is 0 Å². The van der Waals surface area contributed by atoms with Crippen LogP contribution >= 0.6 is 0 Å². The minimum Gasteiger partial charge on any atom is -0.478 e. The van der Waals surface area contributed by atoms with E-state index >= 15 is 0 Å². The van der Waals surface area contributed by atoms with Crippen molar-refractivity contribution in [3.63, 3.8) is 0 Å². The van der Waals surface area contributed by atoms with E-state index in [2.05, 4.69) is 5.10 Å². The van der Waals surface area contributed by atoms with Crippen LogP contribution in [0.5, 0.6) is 0 Å². The second-order valence-electron chi connectivity index (χ2n) is 4.77. The molecule has 20 heavy (non-hydrogen) atoms. The molecule has 1 N–H and O–H groups in total. The highest BCUT2D eigenvalue weighted by Gasteiger charge is 2.15. The predicted molar refractivity (Wildman–Crippen MR) is 74.2 cm³/mol. The number of hydrogen-bond acceptors (Lipinski definition) is 3. The van der Waals surface area contributed by atoms with Crippen molar-refractivity contribution >= 4 is 11.8 Å². The number of hydrogen-bond donors (Lipinski definition) is 1. The van der Waals surface area contributed by atoms with E-state index < -0.39 is 5.97 Å². The molecule has 104 valence electrons. The van der Waals surface area contributed by atoms with Crippen molar-refractivity contribution < 1.29 is 14.7 Å². The van der Waals surface area contributed by atoms with Crippen molar-refractivity contribution in [1.82, 2.24) is 9.78 Å². The summed E-state index contributed by atoms with van der Waals surface area (Å²) in [5, 5.41) is 13.3. The molecule has 1 heterocycles. The summed E-state index contributed by atoms with van der Waals surface area (Å²) < 4.78 is 1.73. The van der Waals surface area contributed by atoms with E-state index in [0.29, 0.717) is 17.8 Å². The Morgan fingerprint density at radius 1 is 1.30 bits per heavy atom. The number of aromatic carboxylic acids is 1. The van der Waals surface area contributed by atoms with Gasteiger partial charge in [0, 0.05) is 5.69 Å². The van der Waals surface area contributed by atoms with Crippen LogP contribution in [0.2, 0.25) is 0 Å². The highest BCUT2D eigenvalue weighted by atomic mass is 16.4. The molecule has 0 saturated carbocycles. The SMILES string of the molecule is CC(=O)c1c(C)nn(Cc2cccc(C(=O)O)c2)c1C. The summed E-state index contributed by atoms with van der Waals surface area (Å²) in [6, 6.07) is 6.72. The van der Waals surface area contributed by atoms with Gasteiger partial charge in [0.2, 0.25) is 0 Å². The molecule has 1 aromatic carbocycles. The Labute approximate surface area is 116 Å². The van der Waals surface area contributed by atoms with Gasteiger partial charge in [-0.05, 0) is 38.5 Å². The van der Waals surface area contributed by atoms with Crippen molar-refractivity contribution in [1.29, 1.82) is 0 Å². The average molecular weight is 272 g/mol. The minimum absolute atomic E-state index is 0.00876. The Morgan fingerprint density at radius 2 is 2.00 bits per heavy atom. The van der Waals surface area contributed by atoms with Crippen LogP contribution in [0.4, 0.5) is 0 Å². The van der Waals surface area contributed by atoms with E-state index in [1.165, 1.54) is 6.92 Å². The molecule has 0 fully saturated rings. The zero-order valence-electron chi connectivity index (χ0n) is 11.7. The Morgan fingerprint density at radius 3 is 2.55 bits per heavy atom. The maximum Gasteiger partial charge on any atom is 0.335 e. The number of carbonyl (C=O) groups is 2. The lowest BCUT2D eigenvalue weighted by molar-refractivity contribution is 0.0696. The molecule has 1 aromatic heterocycles. The van der Waals surface area contributed by atoms with Crippen molar-refractivity contribution in [3.8, 4) is 0 Å². The zero-order chi connectivity index (χ0) is 14.9. The van der Waals surface area contributed by atoms with Crippen LogP contribution in [0.25, 0.3) is 0 Å². The number of aromatic nitrogens is 2. The lowest BCUT2D eigenvalue weighted by Crippen LogP contribution is -2.06. The standard InChI is InChI=1S/C15H16N2O3/c1-9-14(11(3)18)10(2)17(16-9)8-12-5-4-6-13(7-12)15(19)20/h4-7H,8H2,1-3H3,(H,19,20). The normalized spacial score (nSPS) is 10.6. The number of carboxylic acid groups (broad SMARTS) is 1. The van der Waals surface area contributed by atoms with Gasteiger partial charge < -0.3 is 5.11 Å². The molecule has 5 heteroatoms. The Kier molecular flexibility index (Phi) is 3.70. The van der Waals surface area contributed by atoms with Crippen LogP contribution in [-0.4, -0.2) is 26.6 Å². The second-order valence-corrected chi connectivity index (χ2v) is 4.77. The third kappa shape index (κ3) is 2.61. The molecule has 0 saturated heterocycles. The molecular weight excluding hydrogens is 256 g/mol. The Balaban J connectivity index is 2.36. The van der Waals surface area contributed by atoms with E-state index in [0.717, 1.165) is 11.3 Å². The molecule has 0 unspecified atom stereocenters. The monoisotopic (exact) mass is 272 g/mol. The fourth-order valence-electron chi connectivity index (χ4n) is 2.34. The average Bonchev–Trinajstić information content (AvgIpc) is 2.64. The highest BCUT2D eigenvalue weighted by Crippen LogP contribution is 2.16. The molecule has 2 aromatic rings. The van der Waals surface area contributed by atoms with Gasteiger partial charge in [0.1, 0.15) is 0 Å². The molecule has 5 nitrogen and oxygen atoms in total. The lowest BCUT2D eigenvalue weighted by Gasteiger charge is -2.06. The largest absolute Gasteiger partial charge is 0.478 e. The summed E-state index contributed by atoms with van der Waals surface area (Å²) in [7, 11) is 0. The summed E-state index contributed by atoms with van der Waals surface area (Å²) in [5.41, 5.74) is 3.22. The number of benzene rings is 1. The van der Waals surface area contributed by atoms with Crippen LogP contribution in [0.15, 0.2) is 24.3 Å². The molecule has 2 rings (SSSR count). The van der Waals surface area contributed by atoms with Crippen LogP contribution in [0, 0.1) is 13.8 Å². The van der Waals surface area contributed by atoms with Crippen molar-refractivity contribution in [2.45, 2.75) is 27.3 Å². The number of ketones is 1. The first kappa shape index (κ1) is 14.0. The van der Waals surface area contributed by atoms with E-state index in [-0.39, 0.29) is 11.3 Å². The van der Waals surface area contributed by atoms with E-state index in [1.807, 2.05) is 13.0 Å². The van der Waals surface area contributed by atoms with Gasteiger partial charge in [0.15, 0.2) is 5.78 Å². The Hall–Kier alpha value is -2.43. The fraction of sp³-hybridized carbons (Fsp3) is 0.267. The number of rotatable bonds is 4. The van der Waals surface area contributed by atoms with Gasteiger partial charge in [-0.1, -0.05) is 12.1 Å². The van der Waals surface area contributed by atoms with Crippen molar-refractivity contribution in [3.05, 3.63) is 52.3 Å². The lowest BCUT2D eigenvalue weighted by atomic mass is 10.1. The maximum atomic E-state index is 11.6. The number of carbonyl (C=O) groups excluding carboxylic acids is 1. The molecule has 0 aliphatic rings. The summed E-state index contributed by atoms with van der Waals surface area (Å²) in [6.07, 6.45) is 0. The van der Waals surface area contributed by atoms with Gasteiger partial charge >= 0.3 is 5.97 Å². The highest BCUT2D eigenvalue weighted by molar-refractivity contribution is 5.96. The zero-order valence-corrected chi connectivity index (χ0v) is 11.7. The molecule has 0 aliphatic carbocycles. The molecular formula is C15H16N2O3. The molecule has 0 radical (unpaired) electrons. The topological polar surface area (TPSA) is 72.2 Å². The summed E-state index contributed by atoms with van der Waals surface area (Å²) >= 11 is 0. The van der Waals surface area contributed by atoms with Gasteiger partial charge in [0.25, 0.3) is 0 Å². The van der Waals surface area contributed by atoms with E-state index in [9.17, 15) is 9.59 Å². The van der Waals surface area contributed by atoms with Gasteiger partial charge in [-0.3, -0.25) is 9.48 Å². The first-order chi connectivity index (χ1) is 9.40. The van der Waals surface area contributed by atoms with Crippen molar-refractivity contribution in [2.75, 3.05) is 0 Å². The smallest absolute Gasteiger partial charge is 0.335 e. The van der Waals surface area contributed by atoms with Gasteiger partial charge in [-0.25, -0.2) is 4.79 Å². The number of nitrogens with zero attached hydrogens (tertiary/aromatic N) is 2. The molecule has 0 bridgehead atoms. The summed E-state index contributed by atoms with van der Waals surface area (Å²) in [5.74, 6) is -0.963. The van der Waals surface area contributed by atoms with E-state index in [4.69, 9.17) is 5.11 Å². The first-order valence-corrected chi connectivity index (χ1v) is 6.27. The molecule has 0 aliphatic heterocycles. The van der Waals surface area contributed by atoms with Crippen molar-refractivity contribution in [2.24, 2.45) is 0 Å². The van der Waals surface area contributed by atoms with Crippen LogP contribution < -0.4 is 0 Å². The summed E-state index contributed by atoms with van der Waals surface area (Å²) in [6.45, 7) is 5.61. The van der Waals surface area contributed by atoms with Crippen LogP contribution in [-0.2, 0) is 6.54 Å². The first-order valence-electron chi connectivity index (χ1n) is 6.27. The minimum atomic E-state index is -0.954. The van der Waals surface area contributed by atoms with Gasteiger partial charge in [-0.15, -0.1) is 0 Å². The summed E-state index contributed by atoms with van der Waals surface area (Å²) in [4.78, 5) is 22.5. The number of aryl methyl sites for hydroxylation is 1.